The van der Waals surface area contributed by atoms with E-state index < -0.39 is 0 Å². The highest BCUT2D eigenvalue weighted by Gasteiger charge is 2.16. The molecule has 18 heavy (non-hydrogen) atoms. The summed E-state index contributed by atoms with van der Waals surface area (Å²) in [6.45, 7) is 2.46. The van der Waals surface area contributed by atoms with Gasteiger partial charge in [0.15, 0.2) is 0 Å². The van der Waals surface area contributed by atoms with Crippen molar-refractivity contribution in [3.8, 4) is 5.75 Å². The number of halogens is 1. The van der Waals surface area contributed by atoms with Crippen molar-refractivity contribution in [1.29, 1.82) is 0 Å². The van der Waals surface area contributed by atoms with Crippen molar-refractivity contribution in [3.05, 3.63) is 28.7 Å². The van der Waals surface area contributed by atoms with Crippen molar-refractivity contribution >= 4 is 21.8 Å². The molecule has 0 N–H and O–H groups in total. The average molecular weight is 312 g/mol. The number of carbonyl (C=O) groups excluding carboxylic acids is 1. The molecular weight excluding hydrogens is 294 g/mol. The van der Waals surface area contributed by atoms with Gasteiger partial charge in [-0.25, -0.2) is 0 Å². The quantitative estimate of drug-likeness (QED) is 0.781. The molecule has 1 aliphatic heterocycles. The van der Waals surface area contributed by atoms with Crippen LogP contribution in [0.4, 0.5) is 0 Å². The van der Waals surface area contributed by atoms with Gasteiger partial charge in [0.25, 0.3) is 0 Å². The topological polar surface area (TPSA) is 29.5 Å². The molecule has 0 aliphatic carbocycles. The summed E-state index contributed by atoms with van der Waals surface area (Å²) in [5.74, 6) is 1.11. The zero-order chi connectivity index (χ0) is 12.8. The van der Waals surface area contributed by atoms with Crippen molar-refractivity contribution < 1.29 is 9.53 Å². The first-order chi connectivity index (χ1) is 8.75. The van der Waals surface area contributed by atoms with Crippen LogP contribution < -0.4 is 4.74 Å². The van der Waals surface area contributed by atoms with Gasteiger partial charge < -0.3 is 9.64 Å². The third-order valence-electron chi connectivity index (χ3n) is 3.06. The molecule has 3 nitrogen and oxygen atoms in total. The first kappa shape index (κ1) is 13.4. The average Bonchev–Trinajstić information content (AvgIpc) is 2.88. The highest BCUT2D eigenvalue weighted by molar-refractivity contribution is 9.10. The number of likely N-dealkylation sites (tertiary alicyclic amines) is 1. The fourth-order valence-corrected chi connectivity index (χ4v) is 2.47. The van der Waals surface area contributed by atoms with Crippen molar-refractivity contribution in [2.45, 2.75) is 25.7 Å². The van der Waals surface area contributed by atoms with Gasteiger partial charge in [0.1, 0.15) is 5.75 Å². The molecule has 0 bridgehead atoms. The summed E-state index contributed by atoms with van der Waals surface area (Å²) in [4.78, 5) is 13.7. The van der Waals surface area contributed by atoms with E-state index in [9.17, 15) is 4.79 Å². The Kier molecular flexibility index (Phi) is 5.05. The van der Waals surface area contributed by atoms with Crippen LogP contribution in [0.1, 0.15) is 25.7 Å². The fourth-order valence-electron chi connectivity index (χ4n) is 2.09. The monoisotopic (exact) mass is 311 g/mol. The summed E-state index contributed by atoms with van der Waals surface area (Å²) in [5, 5.41) is 0. The minimum Gasteiger partial charge on any atom is -0.494 e. The molecule has 1 aromatic carbocycles. The minimum atomic E-state index is 0.269. The number of carbonyl (C=O) groups is 1. The van der Waals surface area contributed by atoms with Crippen molar-refractivity contribution in [2.75, 3.05) is 19.7 Å². The largest absolute Gasteiger partial charge is 0.494 e. The molecule has 1 aliphatic rings. The van der Waals surface area contributed by atoms with Crippen LogP contribution in [0.3, 0.4) is 0 Å². The van der Waals surface area contributed by atoms with Gasteiger partial charge in [0, 0.05) is 24.0 Å². The second-order valence-corrected chi connectivity index (χ2v) is 5.41. The second kappa shape index (κ2) is 6.78. The van der Waals surface area contributed by atoms with Crippen molar-refractivity contribution in [3.63, 3.8) is 0 Å². The minimum absolute atomic E-state index is 0.269. The van der Waals surface area contributed by atoms with E-state index >= 15 is 0 Å². The van der Waals surface area contributed by atoms with Crippen molar-refractivity contribution in [1.82, 2.24) is 4.90 Å². The molecule has 0 unspecified atom stereocenters. The molecule has 1 fully saturated rings. The molecule has 4 heteroatoms. The Morgan fingerprint density at radius 2 is 2.11 bits per heavy atom. The number of hydrogen-bond acceptors (Lipinski definition) is 2. The van der Waals surface area contributed by atoms with Gasteiger partial charge in [-0.15, -0.1) is 0 Å². The first-order valence-electron chi connectivity index (χ1n) is 6.42. The van der Waals surface area contributed by atoms with E-state index in [4.69, 9.17) is 4.74 Å². The van der Waals surface area contributed by atoms with Gasteiger partial charge in [0.2, 0.25) is 5.91 Å². The van der Waals surface area contributed by atoms with Crippen LogP contribution in [0.2, 0.25) is 0 Å². The number of benzene rings is 1. The summed E-state index contributed by atoms with van der Waals surface area (Å²) in [6, 6.07) is 7.76. The summed E-state index contributed by atoms with van der Waals surface area (Å²) >= 11 is 3.40. The Morgan fingerprint density at radius 3 is 2.83 bits per heavy atom. The molecule has 2 rings (SSSR count). The number of nitrogens with zero attached hydrogens (tertiary/aromatic N) is 1. The molecule has 0 radical (unpaired) electrons. The van der Waals surface area contributed by atoms with Crippen molar-refractivity contribution in [2.24, 2.45) is 0 Å². The predicted octanol–water partition coefficient (Wildman–Crippen LogP) is 3.23. The summed E-state index contributed by atoms with van der Waals surface area (Å²) < 4.78 is 6.61. The maximum Gasteiger partial charge on any atom is 0.222 e. The molecule has 98 valence electrons. The molecule has 1 heterocycles. The Morgan fingerprint density at radius 1 is 1.33 bits per heavy atom. The molecule has 0 atom stereocenters. The van der Waals surface area contributed by atoms with Crippen LogP contribution in [-0.2, 0) is 4.79 Å². The van der Waals surface area contributed by atoms with Crippen LogP contribution in [0, 0.1) is 0 Å². The lowest BCUT2D eigenvalue weighted by Gasteiger charge is -2.15. The standard InChI is InChI=1S/C14H18BrNO2/c15-12-5-3-6-13(11-12)18-10-4-7-14(17)16-8-1-2-9-16/h3,5-6,11H,1-2,4,7-10H2. The fraction of sp³-hybridized carbons (Fsp3) is 0.500. The predicted molar refractivity (Wildman–Crippen MR) is 74.7 cm³/mol. The molecule has 1 amide bonds. The van der Waals surface area contributed by atoms with Gasteiger partial charge in [-0.1, -0.05) is 22.0 Å². The summed E-state index contributed by atoms with van der Waals surface area (Å²) in [5.41, 5.74) is 0. The Labute approximate surface area is 116 Å². The molecule has 0 spiro atoms. The molecule has 1 saturated heterocycles. The smallest absolute Gasteiger partial charge is 0.222 e. The Balaban J connectivity index is 1.65. The van der Waals surface area contributed by atoms with Gasteiger partial charge in [-0.3, -0.25) is 4.79 Å². The normalized spacial score (nSPS) is 14.8. The first-order valence-corrected chi connectivity index (χ1v) is 7.21. The van der Waals surface area contributed by atoms with E-state index in [0.717, 1.165) is 42.6 Å². The van der Waals surface area contributed by atoms with E-state index in [1.54, 1.807) is 0 Å². The van der Waals surface area contributed by atoms with Crippen LogP contribution in [0.25, 0.3) is 0 Å². The van der Waals surface area contributed by atoms with E-state index in [0.29, 0.717) is 13.0 Å². The van der Waals surface area contributed by atoms with Gasteiger partial charge in [-0.2, -0.15) is 0 Å². The second-order valence-electron chi connectivity index (χ2n) is 4.50. The number of hydrogen-bond donors (Lipinski definition) is 0. The Bertz CT molecular complexity index is 403. The zero-order valence-electron chi connectivity index (χ0n) is 10.4. The highest BCUT2D eigenvalue weighted by atomic mass is 79.9. The lowest BCUT2D eigenvalue weighted by atomic mass is 10.3. The van der Waals surface area contributed by atoms with Gasteiger partial charge in [0.05, 0.1) is 6.61 Å². The van der Waals surface area contributed by atoms with Crippen LogP contribution in [-0.4, -0.2) is 30.5 Å². The van der Waals surface area contributed by atoms with Crippen LogP contribution in [0.5, 0.6) is 5.75 Å². The molecular formula is C14H18BrNO2. The van der Waals surface area contributed by atoms with Gasteiger partial charge in [-0.05, 0) is 37.5 Å². The number of rotatable bonds is 5. The number of ether oxygens (including phenoxy) is 1. The number of amides is 1. The van der Waals surface area contributed by atoms with Gasteiger partial charge >= 0.3 is 0 Å². The van der Waals surface area contributed by atoms with E-state index in [-0.39, 0.29) is 5.91 Å². The highest BCUT2D eigenvalue weighted by Crippen LogP contribution is 2.18. The van der Waals surface area contributed by atoms with E-state index in [2.05, 4.69) is 15.9 Å². The third kappa shape index (κ3) is 4.02. The van der Waals surface area contributed by atoms with E-state index in [1.165, 1.54) is 0 Å². The lowest BCUT2D eigenvalue weighted by molar-refractivity contribution is -0.130. The SMILES string of the molecule is O=C(CCCOc1cccc(Br)c1)N1CCCC1. The lowest BCUT2D eigenvalue weighted by Crippen LogP contribution is -2.27. The van der Waals surface area contributed by atoms with Crippen LogP contribution >= 0.6 is 15.9 Å². The maximum atomic E-state index is 11.8. The Hall–Kier alpha value is -1.03. The molecule has 0 aromatic heterocycles. The van der Waals surface area contributed by atoms with E-state index in [1.807, 2.05) is 29.2 Å². The molecule has 0 saturated carbocycles. The summed E-state index contributed by atoms with van der Waals surface area (Å²) in [6.07, 6.45) is 3.68. The zero-order valence-corrected chi connectivity index (χ0v) is 12.0. The third-order valence-corrected chi connectivity index (χ3v) is 3.55. The maximum absolute atomic E-state index is 11.8. The van der Waals surface area contributed by atoms with Crippen LogP contribution in [0.15, 0.2) is 28.7 Å². The summed E-state index contributed by atoms with van der Waals surface area (Å²) in [7, 11) is 0. The molecule has 1 aromatic rings.